The molecule has 5 heteroatoms. The summed E-state index contributed by atoms with van der Waals surface area (Å²) in [6.07, 6.45) is 4.01. The fourth-order valence-electron chi connectivity index (χ4n) is 3.35. The van der Waals surface area contributed by atoms with E-state index in [-0.39, 0.29) is 17.7 Å². The molecule has 0 unspecified atom stereocenters. The molecule has 0 fully saturated rings. The third-order valence-electron chi connectivity index (χ3n) is 5.02. The average Bonchev–Trinajstić information content (AvgIpc) is 2.73. The molecule has 5 nitrogen and oxygen atoms in total. The van der Waals surface area contributed by atoms with Gasteiger partial charge in [-0.05, 0) is 54.9 Å². The van der Waals surface area contributed by atoms with Crippen molar-refractivity contribution >= 4 is 17.5 Å². The van der Waals surface area contributed by atoms with Crippen molar-refractivity contribution in [1.29, 1.82) is 0 Å². The number of nitrogens with two attached hydrogens (primary N) is 1. The maximum absolute atomic E-state index is 12.7. The van der Waals surface area contributed by atoms with Gasteiger partial charge in [-0.3, -0.25) is 9.59 Å². The van der Waals surface area contributed by atoms with Gasteiger partial charge in [0.15, 0.2) is 0 Å². The van der Waals surface area contributed by atoms with E-state index in [2.05, 4.69) is 41.8 Å². The van der Waals surface area contributed by atoms with Crippen molar-refractivity contribution in [3.05, 3.63) is 65.7 Å². The standard InChI is InChI=1S/C25H35N3O2/c1-4-8-19-11-13-20(14-12-19)15-16-22(26)24(29)28-23(17-18(2)3)25(30)27-21-9-6-5-7-10-21/h5-7,9-14,18,22-23H,4,8,15-17,26H2,1-3H3,(H,27,30)(H,28,29)/t22-,23-/m0/s1. The predicted octanol–water partition coefficient (Wildman–Crippen LogP) is 4.07. The Kier molecular flexibility index (Phi) is 9.55. The quantitative estimate of drug-likeness (QED) is 0.523. The highest BCUT2D eigenvalue weighted by Crippen LogP contribution is 2.12. The fourth-order valence-corrected chi connectivity index (χ4v) is 3.35. The van der Waals surface area contributed by atoms with E-state index < -0.39 is 12.1 Å². The molecule has 2 aromatic carbocycles. The Morgan fingerprint density at radius 3 is 2.07 bits per heavy atom. The van der Waals surface area contributed by atoms with Crippen LogP contribution < -0.4 is 16.4 Å². The van der Waals surface area contributed by atoms with Crippen LogP contribution in [0.15, 0.2) is 54.6 Å². The van der Waals surface area contributed by atoms with Crippen LogP contribution in [0.25, 0.3) is 0 Å². The monoisotopic (exact) mass is 409 g/mol. The minimum atomic E-state index is -0.653. The first-order valence-corrected chi connectivity index (χ1v) is 10.9. The molecule has 2 atom stereocenters. The molecule has 0 aliphatic rings. The zero-order valence-electron chi connectivity index (χ0n) is 18.4. The van der Waals surface area contributed by atoms with Crippen molar-refractivity contribution in [2.24, 2.45) is 11.7 Å². The molecule has 30 heavy (non-hydrogen) atoms. The van der Waals surface area contributed by atoms with Gasteiger partial charge in [-0.1, -0.05) is 69.7 Å². The van der Waals surface area contributed by atoms with Crippen LogP contribution in [0.2, 0.25) is 0 Å². The number of hydrogen-bond acceptors (Lipinski definition) is 3. The summed E-state index contributed by atoms with van der Waals surface area (Å²) in [7, 11) is 0. The van der Waals surface area contributed by atoms with E-state index in [1.54, 1.807) is 0 Å². The molecule has 2 aromatic rings. The Balaban J connectivity index is 1.90. The topological polar surface area (TPSA) is 84.2 Å². The first-order chi connectivity index (χ1) is 14.4. The van der Waals surface area contributed by atoms with E-state index >= 15 is 0 Å². The lowest BCUT2D eigenvalue weighted by molar-refractivity contribution is -0.127. The lowest BCUT2D eigenvalue weighted by Gasteiger charge is -2.22. The molecule has 162 valence electrons. The lowest BCUT2D eigenvalue weighted by atomic mass is 10.0. The molecular weight excluding hydrogens is 374 g/mol. The van der Waals surface area contributed by atoms with Crippen molar-refractivity contribution in [1.82, 2.24) is 5.32 Å². The minimum Gasteiger partial charge on any atom is -0.343 e. The molecule has 0 saturated carbocycles. The second-order valence-corrected chi connectivity index (χ2v) is 8.26. The molecule has 0 aliphatic carbocycles. The molecule has 4 N–H and O–H groups in total. The zero-order valence-corrected chi connectivity index (χ0v) is 18.4. The predicted molar refractivity (Wildman–Crippen MR) is 123 cm³/mol. The van der Waals surface area contributed by atoms with Gasteiger partial charge in [0.05, 0.1) is 6.04 Å². The van der Waals surface area contributed by atoms with Gasteiger partial charge in [-0.2, -0.15) is 0 Å². The number of nitrogens with one attached hydrogen (secondary N) is 2. The minimum absolute atomic E-state index is 0.220. The molecule has 2 rings (SSSR count). The summed E-state index contributed by atoms with van der Waals surface area (Å²) < 4.78 is 0. The molecule has 0 aromatic heterocycles. The number of amides is 2. The first kappa shape index (κ1) is 23.6. The molecule has 0 heterocycles. The van der Waals surface area contributed by atoms with Crippen LogP contribution >= 0.6 is 0 Å². The summed E-state index contributed by atoms with van der Waals surface area (Å²) in [5, 5.41) is 5.72. The van der Waals surface area contributed by atoms with Crippen molar-refractivity contribution in [2.45, 2.75) is 65.0 Å². The smallest absolute Gasteiger partial charge is 0.246 e. The molecule has 2 amide bonds. The summed E-state index contributed by atoms with van der Waals surface area (Å²) >= 11 is 0. The van der Waals surface area contributed by atoms with Crippen molar-refractivity contribution < 1.29 is 9.59 Å². The number of para-hydroxylation sites is 1. The average molecular weight is 410 g/mol. The highest BCUT2D eigenvalue weighted by molar-refractivity contribution is 5.97. The van der Waals surface area contributed by atoms with Gasteiger partial charge in [-0.25, -0.2) is 0 Å². The SMILES string of the molecule is CCCc1ccc(CC[C@H](N)C(=O)N[C@@H](CC(C)C)C(=O)Nc2ccccc2)cc1. The Hall–Kier alpha value is -2.66. The summed E-state index contributed by atoms with van der Waals surface area (Å²) in [5.41, 5.74) is 9.33. The van der Waals surface area contributed by atoms with E-state index in [1.165, 1.54) is 11.1 Å². The normalized spacial score (nSPS) is 13.0. The molecule has 0 radical (unpaired) electrons. The van der Waals surface area contributed by atoms with Crippen molar-refractivity contribution in [2.75, 3.05) is 5.32 Å². The van der Waals surface area contributed by atoms with Crippen LogP contribution in [0.5, 0.6) is 0 Å². The number of rotatable bonds is 11. The fraction of sp³-hybridized carbons (Fsp3) is 0.440. The molecule has 0 spiro atoms. The van der Waals surface area contributed by atoms with Gasteiger partial charge in [0.1, 0.15) is 6.04 Å². The highest BCUT2D eigenvalue weighted by atomic mass is 16.2. The van der Waals surface area contributed by atoms with Crippen LogP contribution in [-0.4, -0.2) is 23.9 Å². The number of anilines is 1. The van der Waals surface area contributed by atoms with Crippen LogP contribution in [0.4, 0.5) is 5.69 Å². The highest BCUT2D eigenvalue weighted by Gasteiger charge is 2.24. The molecular formula is C25H35N3O2. The number of carbonyl (C=O) groups excluding carboxylic acids is 2. The lowest BCUT2D eigenvalue weighted by Crippen LogP contribution is -2.50. The van der Waals surface area contributed by atoms with E-state index in [4.69, 9.17) is 5.73 Å². The third kappa shape index (κ3) is 7.99. The van der Waals surface area contributed by atoms with Crippen LogP contribution in [0.3, 0.4) is 0 Å². The van der Waals surface area contributed by atoms with Crippen LogP contribution in [-0.2, 0) is 22.4 Å². The van der Waals surface area contributed by atoms with Gasteiger partial charge in [0.25, 0.3) is 0 Å². The van der Waals surface area contributed by atoms with Gasteiger partial charge < -0.3 is 16.4 Å². The van der Waals surface area contributed by atoms with E-state index in [1.807, 2.05) is 44.2 Å². The number of hydrogen-bond donors (Lipinski definition) is 3. The van der Waals surface area contributed by atoms with E-state index in [0.717, 1.165) is 19.3 Å². The second-order valence-electron chi connectivity index (χ2n) is 8.26. The first-order valence-electron chi connectivity index (χ1n) is 10.9. The maximum Gasteiger partial charge on any atom is 0.246 e. The summed E-state index contributed by atoms with van der Waals surface area (Å²) in [6, 6.07) is 16.5. The van der Waals surface area contributed by atoms with Crippen molar-refractivity contribution in [3.8, 4) is 0 Å². The Labute approximate surface area is 180 Å². The molecule has 0 bridgehead atoms. The Bertz CT molecular complexity index is 788. The van der Waals surface area contributed by atoms with Gasteiger partial charge in [0.2, 0.25) is 11.8 Å². The zero-order chi connectivity index (χ0) is 21.9. The summed E-state index contributed by atoms with van der Waals surface area (Å²) in [4.78, 5) is 25.3. The number of carbonyl (C=O) groups is 2. The third-order valence-corrected chi connectivity index (χ3v) is 5.02. The number of aryl methyl sites for hydroxylation is 2. The molecule has 0 aliphatic heterocycles. The maximum atomic E-state index is 12.7. The second kappa shape index (κ2) is 12.1. The van der Waals surface area contributed by atoms with Gasteiger partial charge in [-0.15, -0.1) is 0 Å². The summed E-state index contributed by atoms with van der Waals surface area (Å²) in [5.74, 6) is -0.247. The van der Waals surface area contributed by atoms with Crippen LogP contribution in [0, 0.1) is 5.92 Å². The Morgan fingerprint density at radius 1 is 0.900 bits per heavy atom. The van der Waals surface area contributed by atoms with Gasteiger partial charge in [0, 0.05) is 5.69 Å². The van der Waals surface area contributed by atoms with E-state index in [9.17, 15) is 9.59 Å². The van der Waals surface area contributed by atoms with Crippen molar-refractivity contribution in [3.63, 3.8) is 0 Å². The summed E-state index contributed by atoms with van der Waals surface area (Å²) in [6.45, 7) is 6.21. The number of benzene rings is 2. The van der Waals surface area contributed by atoms with Gasteiger partial charge >= 0.3 is 0 Å². The van der Waals surface area contributed by atoms with Crippen LogP contribution in [0.1, 0.15) is 51.2 Å². The molecule has 0 saturated heterocycles. The van der Waals surface area contributed by atoms with E-state index in [0.29, 0.717) is 18.5 Å². The largest absolute Gasteiger partial charge is 0.343 e. The Morgan fingerprint density at radius 2 is 1.50 bits per heavy atom.